The third kappa shape index (κ3) is 3.93. The number of rotatable bonds is 4. The van der Waals surface area contributed by atoms with E-state index < -0.39 is 11.9 Å². The van der Waals surface area contributed by atoms with Crippen LogP contribution in [0, 0.1) is 5.82 Å². The van der Waals surface area contributed by atoms with E-state index >= 15 is 4.39 Å². The van der Waals surface area contributed by atoms with Crippen LogP contribution in [0.2, 0.25) is 0 Å². The van der Waals surface area contributed by atoms with Crippen LogP contribution in [0.4, 0.5) is 4.39 Å². The maximum atomic E-state index is 15.0. The molecule has 0 aromatic heterocycles. The molecule has 0 radical (unpaired) electrons. The number of imide groups is 1. The van der Waals surface area contributed by atoms with Crippen molar-refractivity contribution in [2.75, 3.05) is 13.1 Å². The summed E-state index contributed by atoms with van der Waals surface area (Å²) in [6.45, 7) is 2.98. The molecule has 2 aromatic carbocycles. The molecule has 0 aliphatic carbocycles. The van der Waals surface area contributed by atoms with Crippen LogP contribution in [0.15, 0.2) is 42.5 Å². The normalized spacial score (nSPS) is 22.2. The number of amides is 3. The van der Waals surface area contributed by atoms with Crippen molar-refractivity contribution in [3.8, 4) is 0 Å². The van der Waals surface area contributed by atoms with Crippen molar-refractivity contribution in [1.82, 2.24) is 15.1 Å². The van der Waals surface area contributed by atoms with Gasteiger partial charge in [0.15, 0.2) is 0 Å². The van der Waals surface area contributed by atoms with Crippen molar-refractivity contribution in [2.24, 2.45) is 0 Å². The lowest BCUT2D eigenvalue weighted by Crippen LogP contribution is -2.52. The van der Waals surface area contributed by atoms with Crippen molar-refractivity contribution in [1.29, 1.82) is 0 Å². The van der Waals surface area contributed by atoms with Crippen molar-refractivity contribution in [2.45, 2.75) is 50.7 Å². The van der Waals surface area contributed by atoms with Gasteiger partial charge in [0.05, 0.1) is 0 Å². The van der Waals surface area contributed by atoms with Crippen LogP contribution >= 0.6 is 0 Å². The third-order valence-corrected chi connectivity index (χ3v) is 6.92. The number of nitrogens with one attached hydrogen (secondary N) is 1. The Bertz CT molecular complexity index is 1060. The molecule has 7 heteroatoms. The lowest BCUT2D eigenvalue weighted by Gasteiger charge is -2.32. The van der Waals surface area contributed by atoms with Crippen LogP contribution in [0.5, 0.6) is 0 Å². The second-order valence-corrected chi connectivity index (χ2v) is 8.97. The average molecular weight is 435 g/mol. The lowest BCUT2D eigenvalue weighted by atomic mass is 9.87. The summed E-state index contributed by atoms with van der Waals surface area (Å²) in [6, 6.07) is 12.8. The first-order valence-corrected chi connectivity index (χ1v) is 11.2. The Labute approximate surface area is 186 Å². The number of likely N-dealkylation sites (tertiary alicyclic amines) is 1. The number of benzene rings is 2. The van der Waals surface area contributed by atoms with Gasteiger partial charge in [-0.3, -0.25) is 24.6 Å². The summed E-state index contributed by atoms with van der Waals surface area (Å²) in [5, 5.41) is 2.30. The fourth-order valence-corrected chi connectivity index (χ4v) is 5.16. The first-order valence-electron chi connectivity index (χ1n) is 11.2. The molecule has 2 aromatic rings. The molecule has 1 atom stereocenters. The second kappa shape index (κ2) is 8.47. The highest BCUT2D eigenvalue weighted by atomic mass is 19.1. The Morgan fingerprint density at radius 3 is 2.47 bits per heavy atom. The first-order chi connectivity index (χ1) is 15.5. The number of nitrogens with zero attached hydrogens (tertiary/aromatic N) is 2. The molecule has 3 heterocycles. The van der Waals surface area contributed by atoms with Gasteiger partial charge in [0.25, 0.3) is 5.91 Å². The van der Waals surface area contributed by atoms with Crippen molar-refractivity contribution in [3.05, 3.63) is 70.5 Å². The molecule has 3 amide bonds. The van der Waals surface area contributed by atoms with Gasteiger partial charge in [0.2, 0.25) is 11.8 Å². The molecular formula is C25H26FN3O3. The zero-order valence-corrected chi connectivity index (χ0v) is 17.9. The molecule has 3 aliphatic rings. The van der Waals surface area contributed by atoms with E-state index in [0.29, 0.717) is 17.5 Å². The highest BCUT2D eigenvalue weighted by Crippen LogP contribution is 2.35. The molecule has 0 bridgehead atoms. The Hall–Kier alpha value is -3.06. The fourth-order valence-electron chi connectivity index (χ4n) is 5.16. The fraction of sp³-hybridized carbons (Fsp3) is 0.400. The van der Waals surface area contributed by atoms with Gasteiger partial charge in [-0.05, 0) is 61.0 Å². The summed E-state index contributed by atoms with van der Waals surface area (Å²) in [4.78, 5) is 40.4. The standard InChI is InChI=1S/C25H26FN3O3/c26-21-13-20-18(15-29(25(20)32)22-6-7-23(30)27-24(22)31)12-19(21)17-8-10-28(11-9-17)14-16-4-2-1-3-5-16/h1-5,12-13,17,22H,6-11,14-15H2,(H,27,30,31). The smallest absolute Gasteiger partial charge is 0.255 e. The zero-order valence-electron chi connectivity index (χ0n) is 17.9. The van der Waals surface area contributed by atoms with Gasteiger partial charge < -0.3 is 4.90 Å². The molecule has 5 rings (SSSR count). The second-order valence-electron chi connectivity index (χ2n) is 8.97. The van der Waals surface area contributed by atoms with Gasteiger partial charge in [-0.25, -0.2) is 4.39 Å². The summed E-state index contributed by atoms with van der Waals surface area (Å²) >= 11 is 0. The zero-order chi connectivity index (χ0) is 22.2. The average Bonchev–Trinajstić information content (AvgIpc) is 3.10. The number of fused-ring (bicyclic) bond motifs is 1. The minimum atomic E-state index is -0.680. The van der Waals surface area contributed by atoms with E-state index in [1.165, 1.54) is 16.5 Å². The van der Waals surface area contributed by atoms with Crippen molar-refractivity contribution >= 4 is 17.7 Å². The number of carbonyl (C=O) groups is 3. The molecule has 166 valence electrons. The molecule has 1 unspecified atom stereocenters. The largest absolute Gasteiger partial charge is 0.322 e. The van der Waals surface area contributed by atoms with Crippen LogP contribution in [-0.4, -0.2) is 46.7 Å². The van der Waals surface area contributed by atoms with Crippen molar-refractivity contribution < 1.29 is 18.8 Å². The predicted molar refractivity (Wildman–Crippen MR) is 116 cm³/mol. The van der Waals surface area contributed by atoms with E-state index in [2.05, 4.69) is 22.3 Å². The highest BCUT2D eigenvalue weighted by Gasteiger charge is 2.40. The van der Waals surface area contributed by atoms with E-state index in [0.717, 1.165) is 38.0 Å². The summed E-state index contributed by atoms with van der Waals surface area (Å²) in [5.74, 6) is -1.33. The maximum absolute atomic E-state index is 15.0. The van der Waals surface area contributed by atoms with Crippen LogP contribution in [0.1, 0.15) is 58.6 Å². The Morgan fingerprint density at radius 2 is 1.75 bits per heavy atom. The Morgan fingerprint density at radius 1 is 1.00 bits per heavy atom. The van der Waals surface area contributed by atoms with E-state index in [1.54, 1.807) is 0 Å². The van der Waals surface area contributed by atoms with Crippen LogP contribution in [-0.2, 0) is 22.7 Å². The SMILES string of the molecule is O=C1CCC(N2Cc3cc(C4CCN(Cc5ccccc5)CC4)c(F)cc3C2=O)C(=O)N1. The topological polar surface area (TPSA) is 69.7 Å². The van der Waals surface area contributed by atoms with Gasteiger partial charge in [0.1, 0.15) is 11.9 Å². The Kier molecular flexibility index (Phi) is 5.51. The monoisotopic (exact) mass is 435 g/mol. The van der Waals surface area contributed by atoms with Crippen LogP contribution < -0.4 is 5.32 Å². The van der Waals surface area contributed by atoms with Gasteiger partial charge in [-0.2, -0.15) is 0 Å². The molecule has 0 saturated carbocycles. The van der Waals surface area contributed by atoms with Crippen LogP contribution in [0.3, 0.4) is 0 Å². The molecule has 3 aliphatic heterocycles. The number of piperidine rings is 2. The van der Waals surface area contributed by atoms with E-state index in [1.807, 2.05) is 24.3 Å². The van der Waals surface area contributed by atoms with E-state index in [4.69, 9.17) is 0 Å². The Balaban J connectivity index is 1.28. The number of halogens is 1. The molecule has 6 nitrogen and oxygen atoms in total. The van der Waals surface area contributed by atoms with Gasteiger partial charge in [0, 0.05) is 25.1 Å². The number of carbonyl (C=O) groups excluding carboxylic acids is 3. The summed E-state index contributed by atoms with van der Waals surface area (Å²) < 4.78 is 15.0. The first kappa shape index (κ1) is 20.8. The van der Waals surface area contributed by atoms with Gasteiger partial charge in [-0.1, -0.05) is 36.4 Å². The molecule has 32 heavy (non-hydrogen) atoms. The summed E-state index contributed by atoms with van der Waals surface area (Å²) in [6.07, 6.45) is 2.25. The lowest BCUT2D eigenvalue weighted by molar-refractivity contribution is -0.136. The van der Waals surface area contributed by atoms with Crippen LogP contribution in [0.25, 0.3) is 0 Å². The third-order valence-electron chi connectivity index (χ3n) is 6.92. The van der Waals surface area contributed by atoms with E-state index in [9.17, 15) is 14.4 Å². The molecule has 2 saturated heterocycles. The summed E-state index contributed by atoms with van der Waals surface area (Å²) in [7, 11) is 0. The minimum Gasteiger partial charge on any atom is -0.322 e. The minimum absolute atomic E-state index is 0.118. The quantitative estimate of drug-likeness (QED) is 0.750. The van der Waals surface area contributed by atoms with Crippen molar-refractivity contribution in [3.63, 3.8) is 0 Å². The predicted octanol–water partition coefficient (Wildman–Crippen LogP) is 2.97. The molecule has 0 spiro atoms. The summed E-state index contributed by atoms with van der Waals surface area (Å²) in [5.41, 5.74) is 3.04. The highest BCUT2D eigenvalue weighted by molar-refractivity contribution is 6.05. The number of hydrogen-bond acceptors (Lipinski definition) is 4. The molecule has 1 N–H and O–H groups in total. The van der Waals surface area contributed by atoms with Gasteiger partial charge >= 0.3 is 0 Å². The molecule has 2 fully saturated rings. The molecular weight excluding hydrogens is 409 g/mol. The maximum Gasteiger partial charge on any atom is 0.255 e. The number of hydrogen-bond donors (Lipinski definition) is 1. The van der Waals surface area contributed by atoms with E-state index in [-0.39, 0.29) is 36.5 Å². The van der Waals surface area contributed by atoms with Gasteiger partial charge in [-0.15, -0.1) is 0 Å².